The van der Waals surface area contributed by atoms with Crippen LogP contribution in [0.1, 0.15) is 176 Å². The molecule has 0 aliphatic heterocycles. The number of carbonyl (C=O) groups is 2. The van der Waals surface area contributed by atoms with E-state index in [0.29, 0.717) is 31.1 Å². The van der Waals surface area contributed by atoms with Gasteiger partial charge in [-0.25, -0.2) is 9.59 Å². The van der Waals surface area contributed by atoms with E-state index >= 15 is 0 Å². The van der Waals surface area contributed by atoms with Crippen LogP contribution in [0.2, 0.25) is 0 Å². The summed E-state index contributed by atoms with van der Waals surface area (Å²) in [5.41, 5.74) is 0.368. The van der Waals surface area contributed by atoms with Crippen molar-refractivity contribution in [2.75, 3.05) is 13.2 Å². The highest BCUT2D eigenvalue weighted by Crippen LogP contribution is 2.42. The molecule has 0 unspecified atom stereocenters. The second-order valence-corrected chi connectivity index (χ2v) is 14.5. The average Bonchev–Trinajstić information content (AvgIpc) is 2.98. The third-order valence-corrected chi connectivity index (χ3v) is 12.4. The normalized spacial score (nSPS) is 11.2. The quantitative estimate of drug-likeness (QED) is 0.0403. The van der Waals surface area contributed by atoms with Crippen LogP contribution in [0.5, 0.6) is 0 Å². The topological polar surface area (TPSA) is 52.6 Å². The maximum absolute atomic E-state index is 13.1. The Morgan fingerprint density at radius 3 is 0.905 bits per heavy atom. The Bertz CT molecular complexity index is 820. The van der Waals surface area contributed by atoms with E-state index in [9.17, 15) is 9.59 Å². The SMILES string of the molecule is CCCCCCCCCCCCCOC(=O)c1c(Br)c(Br)c(Br)c(Br)c1C(=O)OCCCCCCCCCCCCC. The van der Waals surface area contributed by atoms with Crippen molar-refractivity contribution in [2.45, 2.75) is 155 Å². The molecule has 0 spiro atoms. The third-order valence-electron chi connectivity index (χ3n) is 7.64. The Labute approximate surface area is 290 Å². The molecule has 0 amide bonds. The molecular formula is C34H54Br4O4. The van der Waals surface area contributed by atoms with E-state index < -0.39 is 11.9 Å². The van der Waals surface area contributed by atoms with Gasteiger partial charge in [0.25, 0.3) is 0 Å². The van der Waals surface area contributed by atoms with Gasteiger partial charge in [0.1, 0.15) is 0 Å². The van der Waals surface area contributed by atoms with E-state index in [4.69, 9.17) is 9.47 Å². The van der Waals surface area contributed by atoms with Crippen LogP contribution in [0.3, 0.4) is 0 Å². The van der Waals surface area contributed by atoms with Crippen molar-refractivity contribution >= 4 is 75.7 Å². The Kier molecular flexibility index (Phi) is 25.1. The predicted molar refractivity (Wildman–Crippen MR) is 191 cm³/mol. The lowest BCUT2D eigenvalue weighted by Gasteiger charge is -2.16. The van der Waals surface area contributed by atoms with Gasteiger partial charge in [0, 0.05) is 17.9 Å². The second-order valence-electron chi connectivity index (χ2n) is 11.3. The summed E-state index contributed by atoms with van der Waals surface area (Å²) in [6, 6.07) is 0. The average molecular weight is 846 g/mol. The maximum Gasteiger partial charge on any atom is 0.340 e. The minimum atomic E-state index is -0.524. The van der Waals surface area contributed by atoms with E-state index in [1.165, 1.54) is 103 Å². The Morgan fingerprint density at radius 2 is 0.643 bits per heavy atom. The lowest BCUT2D eigenvalue weighted by Crippen LogP contribution is -2.17. The van der Waals surface area contributed by atoms with E-state index in [0.717, 1.165) is 38.5 Å². The van der Waals surface area contributed by atoms with Crippen LogP contribution in [0.4, 0.5) is 0 Å². The molecule has 4 nitrogen and oxygen atoms in total. The minimum absolute atomic E-state index is 0.184. The number of hydrogen-bond acceptors (Lipinski definition) is 4. The highest BCUT2D eigenvalue weighted by Gasteiger charge is 2.30. The largest absolute Gasteiger partial charge is 0.462 e. The lowest BCUT2D eigenvalue weighted by atomic mass is 10.1. The number of esters is 2. The van der Waals surface area contributed by atoms with Crippen molar-refractivity contribution in [1.29, 1.82) is 0 Å². The number of rotatable bonds is 26. The fourth-order valence-electron chi connectivity index (χ4n) is 5.02. The number of carbonyl (C=O) groups excluding carboxylic acids is 2. The number of ether oxygens (including phenoxy) is 2. The van der Waals surface area contributed by atoms with E-state index in [1.54, 1.807) is 0 Å². The molecule has 0 radical (unpaired) electrons. The van der Waals surface area contributed by atoms with Crippen LogP contribution < -0.4 is 0 Å². The molecule has 0 saturated heterocycles. The maximum atomic E-state index is 13.1. The van der Waals surface area contributed by atoms with E-state index in [2.05, 4.69) is 77.6 Å². The molecule has 0 aromatic heterocycles. The van der Waals surface area contributed by atoms with Gasteiger partial charge in [-0.1, -0.05) is 142 Å². The zero-order valence-electron chi connectivity index (χ0n) is 26.1. The van der Waals surface area contributed by atoms with Crippen LogP contribution in [-0.4, -0.2) is 25.2 Å². The van der Waals surface area contributed by atoms with Crippen LogP contribution in [0.15, 0.2) is 17.9 Å². The van der Waals surface area contributed by atoms with Gasteiger partial charge in [-0.3, -0.25) is 0 Å². The van der Waals surface area contributed by atoms with Crippen LogP contribution >= 0.6 is 63.7 Å². The van der Waals surface area contributed by atoms with Crippen molar-refractivity contribution < 1.29 is 19.1 Å². The van der Waals surface area contributed by atoms with Gasteiger partial charge in [0.2, 0.25) is 0 Å². The number of halogens is 4. The second kappa shape index (κ2) is 26.3. The van der Waals surface area contributed by atoms with Crippen molar-refractivity contribution in [2.24, 2.45) is 0 Å². The molecule has 1 rings (SSSR count). The molecule has 0 aliphatic carbocycles. The summed E-state index contributed by atoms with van der Waals surface area (Å²) in [4.78, 5) is 26.3. The fourth-order valence-corrected chi connectivity index (χ4v) is 7.46. The number of unbranched alkanes of at least 4 members (excludes halogenated alkanes) is 20. The first kappa shape index (κ1) is 40.1. The molecule has 0 fully saturated rings. The summed E-state index contributed by atoms with van der Waals surface area (Å²) in [5, 5.41) is 0. The summed E-state index contributed by atoms with van der Waals surface area (Å²) in [5.74, 6) is -1.05. The van der Waals surface area contributed by atoms with Gasteiger partial charge in [-0.15, -0.1) is 0 Å². The van der Waals surface area contributed by atoms with Gasteiger partial charge >= 0.3 is 11.9 Å². The van der Waals surface area contributed by atoms with Gasteiger partial charge in [-0.05, 0) is 76.6 Å². The van der Waals surface area contributed by atoms with E-state index in [-0.39, 0.29) is 11.1 Å². The number of benzene rings is 1. The monoisotopic (exact) mass is 842 g/mol. The van der Waals surface area contributed by atoms with Crippen LogP contribution in [-0.2, 0) is 9.47 Å². The smallest absolute Gasteiger partial charge is 0.340 e. The molecule has 42 heavy (non-hydrogen) atoms. The first-order chi connectivity index (χ1) is 20.4. The van der Waals surface area contributed by atoms with Gasteiger partial charge < -0.3 is 9.47 Å². The summed E-state index contributed by atoms with van der Waals surface area (Å²) in [7, 11) is 0. The van der Waals surface area contributed by atoms with Crippen molar-refractivity contribution in [3.63, 3.8) is 0 Å². The summed E-state index contributed by atoms with van der Waals surface area (Å²) >= 11 is 14.0. The Balaban J connectivity index is 2.44. The lowest BCUT2D eigenvalue weighted by molar-refractivity contribution is 0.0448. The molecule has 0 N–H and O–H groups in total. The van der Waals surface area contributed by atoms with Gasteiger partial charge in [0.15, 0.2) is 0 Å². The van der Waals surface area contributed by atoms with Gasteiger partial charge in [-0.2, -0.15) is 0 Å². The summed E-state index contributed by atoms with van der Waals surface area (Å²) in [6.45, 7) is 5.17. The fraction of sp³-hybridized carbons (Fsp3) is 0.765. The van der Waals surface area contributed by atoms with Crippen LogP contribution in [0, 0.1) is 0 Å². The molecule has 0 atom stereocenters. The highest BCUT2D eigenvalue weighted by atomic mass is 79.9. The molecule has 0 aliphatic rings. The first-order valence-electron chi connectivity index (χ1n) is 16.6. The zero-order valence-corrected chi connectivity index (χ0v) is 32.5. The standard InChI is InChI=1S/C34H54Br4O4/c1-3-5-7-9-11-13-15-17-19-21-23-25-41-33(39)27-28(30(36)32(38)31(37)29(27)35)34(40)42-26-24-22-20-18-16-14-12-10-8-6-4-2/h3-26H2,1-2H3. The number of hydrogen-bond donors (Lipinski definition) is 0. The van der Waals surface area contributed by atoms with E-state index in [1.807, 2.05) is 0 Å². The van der Waals surface area contributed by atoms with Gasteiger partial charge in [0.05, 0.1) is 24.3 Å². The molecule has 0 heterocycles. The van der Waals surface area contributed by atoms with Crippen LogP contribution in [0.25, 0.3) is 0 Å². The third kappa shape index (κ3) is 17.0. The molecule has 0 saturated carbocycles. The Hall–Kier alpha value is 0.0800. The molecular weight excluding hydrogens is 792 g/mol. The summed E-state index contributed by atoms with van der Waals surface area (Å²) < 4.78 is 13.5. The molecule has 1 aromatic rings. The van der Waals surface area contributed by atoms with Crippen molar-refractivity contribution in [1.82, 2.24) is 0 Å². The zero-order chi connectivity index (χ0) is 31.0. The minimum Gasteiger partial charge on any atom is -0.462 e. The molecule has 0 bridgehead atoms. The summed E-state index contributed by atoms with van der Waals surface area (Å²) in [6.07, 6.45) is 27.1. The highest BCUT2D eigenvalue weighted by molar-refractivity contribution is 9.15. The van der Waals surface area contributed by atoms with Crippen molar-refractivity contribution in [3.05, 3.63) is 29.0 Å². The van der Waals surface area contributed by atoms with Crippen molar-refractivity contribution in [3.8, 4) is 0 Å². The Morgan fingerprint density at radius 1 is 0.405 bits per heavy atom. The molecule has 1 aromatic carbocycles. The molecule has 242 valence electrons. The molecule has 8 heteroatoms. The predicted octanol–water partition coefficient (Wildman–Crippen LogP) is 13.7. The first-order valence-corrected chi connectivity index (χ1v) is 19.7.